The lowest BCUT2D eigenvalue weighted by Crippen LogP contribution is -2.22. The maximum atomic E-state index is 12.8. The Balaban J connectivity index is 2.59. The molecule has 0 radical (unpaired) electrons. The number of carbonyl (C=O) groups excluding carboxylic acids is 2. The van der Waals surface area contributed by atoms with E-state index in [9.17, 15) is 9.59 Å². The van der Waals surface area contributed by atoms with Crippen LogP contribution in [0.15, 0.2) is 24.0 Å². The molecule has 144 valence electrons. The summed E-state index contributed by atoms with van der Waals surface area (Å²) < 4.78 is 11.2. The first kappa shape index (κ1) is 21.1. The molecule has 1 aromatic carbocycles. The summed E-state index contributed by atoms with van der Waals surface area (Å²) in [4.78, 5) is 25.1. The first-order valence-corrected chi connectivity index (χ1v) is 10.1. The van der Waals surface area contributed by atoms with E-state index in [4.69, 9.17) is 9.47 Å². The highest BCUT2D eigenvalue weighted by molar-refractivity contribution is 8.13. The van der Waals surface area contributed by atoms with Gasteiger partial charge in [0, 0.05) is 28.7 Å². The van der Waals surface area contributed by atoms with Crippen molar-refractivity contribution >= 4 is 28.4 Å². The summed E-state index contributed by atoms with van der Waals surface area (Å²) in [6, 6.07) is 5.49. The van der Waals surface area contributed by atoms with Crippen molar-refractivity contribution in [3.05, 3.63) is 35.1 Å². The molecule has 1 aliphatic rings. The first-order chi connectivity index (χ1) is 12.9. The molecular weight excluding hydrogens is 360 g/mol. The van der Waals surface area contributed by atoms with E-state index in [-0.39, 0.29) is 22.3 Å². The van der Waals surface area contributed by atoms with Gasteiger partial charge in [0.05, 0.1) is 12.7 Å². The second-order valence-electron chi connectivity index (χ2n) is 6.62. The van der Waals surface area contributed by atoms with E-state index in [0.717, 1.165) is 23.7 Å². The summed E-state index contributed by atoms with van der Waals surface area (Å²) in [5.41, 5.74) is 1.92. The lowest BCUT2D eigenvalue weighted by Gasteiger charge is -2.27. The Kier molecular flexibility index (Phi) is 7.55. The minimum absolute atomic E-state index is 0.0235. The van der Waals surface area contributed by atoms with E-state index in [1.54, 1.807) is 14.0 Å². The molecule has 27 heavy (non-hydrogen) atoms. The third-order valence-corrected chi connectivity index (χ3v) is 5.12. The van der Waals surface area contributed by atoms with Crippen LogP contribution in [0.5, 0.6) is 5.75 Å². The third-order valence-electron chi connectivity index (χ3n) is 4.37. The van der Waals surface area contributed by atoms with Gasteiger partial charge in [-0.25, -0.2) is 4.79 Å². The Bertz CT molecular complexity index is 811. The highest BCUT2D eigenvalue weighted by Crippen LogP contribution is 2.40. The van der Waals surface area contributed by atoms with Gasteiger partial charge in [-0.1, -0.05) is 26.7 Å². The van der Waals surface area contributed by atoms with E-state index in [2.05, 4.69) is 11.8 Å². The van der Waals surface area contributed by atoms with Crippen molar-refractivity contribution in [3.63, 3.8) is 0 Å². The zero-order chi connectivity index (χ0) is 20.0. The highest BCUT2D eigenvalue weighted by Gasteiger charge is 2.33. The number of Topliss-reactive ketones (excluding diaryl/α,β-unsaturated/α-hetero) is 1. The van der Waals surface area contributed by atoms with Gasteiger partial charge in [0.2, 0.25) is 0 Å². The Labute approximate surface area is 165 Å². The minimum Gasteiger partial charge on any atom is -0.496 e. The quantitative estimate of drug-likeness (QED) is 0.498. The maximum Gasteiger partial charge on any atom is 0.372 e. The summed E-state index contributed by atoms with van der Waals surface area (Å²) >= 11 is 1.12. The molecule has 0 spiro atoms. The number of ketones is 1. The summed E-state index contributed by atoms with van der Waals surface area (Å²) in [7, 11) is 1.56. The molecule has 2 rings (SSSR count). The van der Waals surface area contributed by atoms with Crippen molar-refractivity contribution in [2.75, 3.05) is 7.11 Å². The number of benzene rings is 1. The minimum atomic E-state index is -0.377. The molecule has 0 bridgehead atoms. The fourth-order valence-corrected chi connectivity index (χ4v) is 3.66. The van der Waals surface area contributed by atoms with Gasteiger partial charge in [-0.15, -0.1) is 5.92 Å². The number of allylic oxidation sites excluding steroid dienone is 2. The fourth-order valence-electron chi connectivity index (χ4n) is 3.14. The Morgan fingerprint density at radius 1 is 1.37 bits per heavy atom. The summed E-state index contributed by atoms with van der Waals surface area (Å²) in [6.45, 7) is 7.67. The summed E-state index contributed by atoms with van der Waals surface area (Å²) in [5, 5.41) is -0.263. The standard InChI is InChI=1S/C22H26O4S/c1-6-8-15-9-11-17(19(13-15)25-5)20-18(23)12-10-16(7-2)21(20)26-22(24)27-14(3)4/h9,11,13-14,16H,7,10,12H2,1-5H3. The highest BCUT2D eigenvalue weighted by atomic mass is 32.2. The number of thioether (sulfide) groups is 1. The van der Waals surface area contributed by atoms with Crippen LogP contribution in [0.4, 0.5) is 4.79 Å². The average Bonchev–Trinajstić information content (AvgIpc) is 2.62. The largest absolute Gasteiger partial charge is 0.496 e. The van der Waals surface area contributed by atoms with E-state index in [1.165, 1.54) is 0 Å². The van der Waals surface area contributed by atoms with E-state index in [1.807, 2.05) is 39.0 Å². The number of carbonyl (C=O) groups is 2. The zero-order valence-electron chi connectivity index (χ0n) is 16.5. The number of hydrogen-bond donors (Lipinski definition) is 0. The van der Waals surface area contributed by atoms with Crippen LogP contribution in [0.2, 0.25) is 0 Å². The van der Waals surface area contributed by atoms with Gasteiger partial charge < -0.3 is 9.47 Å². The molecule has 1 atom stereocenters. The molecule has 0 aromatic heterocycles. The molecule has 1 aliphatic carbocycles. The third kappa shape index (κ3) is 5.17. The lowest BCUT2D eigenvalue weighted by atomic mass is 9.82. The Hall–Kier alpha value is -2.19. The maximum absolute atomic E-state index is 12.8. The molecule has 0 saturated carbocycles. The van der Waals surface area contributed by atoms with Crippen LogP contribution in [0.25, 0.3) is 5.57 Å². The zero-order valence-corrected chi connectivity index (χ0v) is 17.4. The Morgan fingerprint density at radius 3 is 2.70 bits per heavy atom. The molecule has 5 heteroatoms. The second kappa shape index (κ2) is 9.66. The SMILES string of the molecule is CC#Cc1ccc(C2=C(OC(=O)SC(C)C)C(CC)CCC2=O)c(OC)c1. The molecular formula is C22H26O4S. The molecule has 1 aromatic rings. The van der Waals surface area contributed by atoms with E-state index in [0.29, 0.717) is 35.5 Å². The average molecular weight is 387 g/mol. The predicted molar refractivity (Wildman–Crippen MR) is 110 cm³/mol. The van der Waals surface area contributed by atoms with Crippen LogP contribution in [-0.2, 0) is 9.53 Å². The van der Waals surface area contributed by atoms with Crippen molar-refractivity contribution in [2.24, 2.45) is 5.92 Å². The number of rotatable bonds is 5. The van der Waals surface area contributed by atoms with Crippen molar-refractivity contribution < 1.29 is 19.1 Å². The van der Waals surface area contributed by atoms with Crippen LogP contribution >= 0.6 is 11.8 Å². The number of ether oxygens (including phenoxy) is 2. The van der Waals surface area contributed by atoms with Gasteiger partial charge >= 0.3 is 5.30 Å². The first-order valence-electron chi connectivity index (χ1n) is 9.18. The second-order valence-corrected chi connectivity index (χ2v) is 8.13. The van der Waals surface area contributed by atoms with Crippen molar-refractivity contribution in [1.82, 2.24) is 0 Å². The fraction of sp³-hybridized carbons (Fsp3) is 0.455. The smallest absolute Gasteiger partial charge is 0.372 e. The van der Waals surface area contributed by atoms with Crippen LogP contribution in [-0.4, -0.2) is 23.4 Å². The molecule has 0 amide bonds. The molecule has 0 N–H and O–H groups in total. The molecule has 0 heterocycles. The van der Waals surface area contributed by atoms with Gasteiger partial charge in [-0.05, 0) is 49.7 Å². The van der Waals surface area contributed by atoms with Gasteiger partial charge in [0.15, 0.2) is 5.78 Å². The van der Waals surface area contributed by atoms with E-state index >= 15 is 0 Å². The van der Waals surface area contributed by atoms with E-state index < -0.39 is 0 Å². The van der Waals surface area contributed by atoms with Gasteiger partial charge in [0.25, 0.3) is 0 Å². The molecule has 0 saturated heterocycles. The van der Waals surface area contributed by atoms with Crippen LogP contribution in [0.3, 0.4) is 0 Å². The molecule has 4 nitrogen and oxygen atoms in total. The van der Waals surface area contributed by atoms with Crippen LogP contribution in [0.1, 0.15) is 58.1 Å². The summed E-state index contributed by atoms with van der Waals surface area (Å²) in [5.74, 6) is 6.89. The molecule has 0 aliphatic heterocycles. The van der Waals surface area contributed by atoms with Crippen molar-refractivity contribution in [2.45, 2.75) is 52.2 Å². The topological polar surface area (TPSA) is 52.6 Å². The lowest BCUT2D eigenvalue weighted by molar-refractivity contribution is -0.114. The van der Waals surface area contributed by atoms with Crippen molar-refractivity contribution in [3.8, 4) is 17.6 Å². The number of methoxy groups -OCH3 is 1. The summed E-state index contributed by atoms with van der Waals surface area (Å²) in [6.07, 6.45) is 1.93. The van der Waals surface area contributed by atoms with Crippen molar-refractivity contribution in [1.29, 1.82) is 0 Å². The number of hydrogen-bond acceptors (Lipinski definition) is 5. The Morgan fingerprint density at radius 2 is 2.11 bits per heavy atom. The van der Waals surface area contributed by atoms with Gasteiger partial charge in [0.1, 0.15) is 11.5 Å². The predicted octanol–water partition coefficient (Wildman–Crippen LogP) is 5.45. The normalized spacial score (nSPS) is 16.8. The van der Waals surface area contributed by atoms with Crippen LogP contribution in [0, 0.1) is 17.8 Å². The monoisotopic (exact) mass is 386 g/mol. The van der Waals surface area contributed by atoms with Gasteiger partial charge in [-0.2, -0.15) is 0 Å². The van der Waals surface area contributed by atoms with Gasteiger partial charge in [-0.3, -0.25) is 4.79 Å². The van der Waals surface area contributed by atoms with Crippen LogP contribution < -0.4 is 4.74 Å². The molecule has 1 unspecified atom stereocenters. The molecule has 0 fully saturated rings.